The molecule has 0 amide bonds. The van der Waals surface area contributed by atoms with E-state index in [4.69, 9.17) is 29.7 Å². The number of fused-ring (bicyclic) bond motifs is 9. The van der Waals surface area contributed by atoms with E-state index in [-0.39, 0.29) is 0 Å². The van der Waals surface area contributed by atoms with Crippen molar-refractivity contribution >= 4 is 0 Å². The molecule has 0 N–H and O–H groups in total. The molecule has 1 aliphatic heterocycles. The van der Waals surface area contributed by atoms with Gasteiger partial charge in [-0.1, -0.05) is 194 Å². The lowest BCUT2D eigenvalue weighted by molar-refractivity contribution is 0.436. The molecule has 290 valence electrons. The largest absolute Gasteiger partial charge is 0.457 e. The van der Waals surface area contributed by atoms with Crippen molar-refractivity contribution in [2.24, 2.45) is 0 Å². The van der Waals surface area contributed by atoms with Crippen molar-refractivity contribution in [1.29, 1.82) is 0 Å². The molecule has 2 aromatic heterocycles. The zero-order chi connectivity index (χ0) is 41.0. The highest BCUT2D eigenvalue weighted by Crippen LogP contribution is 2.65. The van der Waals surface area contributed by atoms with E-state index in [1.807, 2.05) is 84.9 Å². The maximum Gasteiger partial charge on any atom is 0.164 e. The second-order valence-corrected chi connectivity index (χ2v) is 15.5. The summed E-state index contributed by atoms with van der Waals surface area (Å²) < 4.78 is 6.77. The summed E-state index contributed by atoms with van der Waals surface area (Å²) in [6, 6.07) is 72.9. The summed E-state index contributed by atoms with van der Waals surface area (Å²) in [6.45, 7) is 0. The average molecular weight is 794 g/mol. The third-order valence-electron chi connectivity index (χ3n) is 12.0. The molecule has 0 bridgehead atoms. The van der Waals surface area contributed by atoms with Crippen LogP contribution in [-0.2, 0) is 5.41 Å². The van der Waals surface area contributed by atoms with Crippen LogP contribution in [0.5, 0.6) is 11.5 Å². The molecule has 1 aliphatic carbocycles. The highest BCUT2D eigenvalue weighted by Gasteiger charge is 2.53. The van der Waals surface area contributed by atoms with Crippen LogP contribution in [0.1, 0.15) is 22.3 Å². The van der Waals surface area contributed by atoms with Crippen LogP contribution in [-0.4, -0.2) is 24.9 Å². The number of nitrogens with zero attached hydrogens (tertiary/aromatic N) is 5. The van der Waals surface area contributed by atoms with Gasteiger partial charge in [0.25, 0.3) is 0 Å². The molecule has 0 saturated carbocycles. The minimum Gasteiger partial charge on any atom is -0.457 e. The quantitative estimate of drug-likeness (QED) is 0.167. The molecule has 2 aliphatic rings. The number of aromatic nitrogens is 5. The fourth-order valence-electron chi connectivity index (χ4n) is 9.39. The Morgan fingerprint density at radius 1 is 0.306 bits per heavy atom. The van der Waals surface area contributed by atoms with Gasteiger partial charge in [0.05, 0.1) is 16.8 Å². The molecule has 0 unspecified atom stereocenters. The Balaban J connectivity index is 1.20. The van der Waals surface area contributed by atoms with Gasteiger partial charge in [0.15, 0.2) is 23.3 Å². The number of hydrogen-bond acceptors (Lipinski definition) is 6. The summed E-state index contributed by atoms with van der Waals surface area (Å²) >= 11 is 0. The summed E-state index contributed by atoms with van der Waals surface area (Å²) in [7, 11) is 0. The number of ether oxygens (including phenoxy) is 1. The van der Waals surface area contributed by atoms with E-state index in [0.717, 1.165) is 89.6 Å². The van der Waals surface area contributed by atoms with Gasteiger partial charge in [0, 0.05) is 44.5 Å². The van der Waals surface area contributed by atoms with E-state index >= 15 is 0 Å². The number of benzene rings is 8. The van der Waals surface area contributed by atoms with Crippen LogP contribution < -0.4 is 4.74 Å². The van der Waals surface area contributed by atoms with Crippen LogP contribution in [0.2, 0.25) is 0 Å². The van der Waals surface area contributed by atoms with Gasteiger partial charge in [-0.25, -0.2) is 24.9 Å². The molecule has 12 rings (SSSR count). The van der Waals surface area contributed by atoms with Gasteiger partial charge in [-0.2, -0.15) is 0 Å². The highest BCUT2D eigenvalue weighted by atomic mass is 16.5. The van der Waals surface area contributed by atoms with E-state index in [1.54, 1.807) is 0 Å². The summed E-state index contributed by atoms with van der Waals surface area (Å²) in [6.07, 6.45) is 0. The summed E-state index contributed by atoms with van der Waals surface area (Å²) in [4.78, 5) is 26.5. The van der Waals surface area contributed by atoms with Crippen molar-refractivity contribution in [3.63, 3.8) is 0 Å². The van der Waals surface area contributed by atoms with Crippen molar-refractivity contribution in [3.8, 4) is 90.7 Å². The molecule has 0 radical (unpaired) electrons. The van der Waals surface area contributed by atoms with Gasteiger partial charge >= 0.3 is 0 Å². The van der Waals surface area contributed by atoms with E-state index in [1.165, 1.54) is 0 Å². The Morgan fingerprint density at radius 3 is 1.26 bits per heavy atom. The van der Waals surface area contributed by atoms with Crippen molar-refractivity contribution in [2.45, 2.75) is 5.41 Å². The van der Waals surface area contributed by atoms with Gasteiger partial charge in [0.1, 0.15) is 11.5 Å². The molecule has 3 heterocycles. The minimum absolute atomic E-state index is 0.582. The second kappa shape index (κ2) is 14.4. The Kier molecular flexibility index (Phi) is 8.28. The summed E-state index contributed by atoms with van der Waals surface area (Å²) in [5, 5.41) is 0. The maximum atomic E-state index is 6.77. The van der Waals surface area contributed by atoms with E-state index < -0.39 is 5.41 Å². The predicted molar refractivity (Wildman–Crippen MR) is 245 cm³/mol. The Hall–Kier alpha value is -8.35. The molecule has 6 nitrogen and oxygen atoms in total. The van der Waals surface area contributed by atoms with E-state index in [9.17, 15) is 0 Å². The van der Waals surface area contributed by atoms with Crippen LogP contribution in [0.3, 0.4) is 0 Å². The molecular formula is C56H35N5O. The van der Waals surface area contributed by atoms with Crippen LogP contribution in [0.25, 0.3) is 79.2 Å². The summed E-state index contributed by atoms with van der Waals surface area (Å²) in [5.41, 5.74) is 12.9. The van der Waals surface area contributed by atoms with Gasteiger partial charge in [-0.3, -0.25) is 0 Å². The Labute approximate surface area is 359 Å². The number of para-hydroxylation sites is 2. The lowest BCUT2D eigenvalue weighted by Crippen LogP contribution is -2.32. The number of hydrogen-bond donors (Lipinski definition) is 0. The fourth-order valence-corrected chi connectivity index (χ4v) is 9.39. The fraction of sp³-hybridized carbons (Fsp3) is 0.0179. The Bertz CT molecular complexity index is 3160. The van der Waals surface area contributed by atoms with Crippen molar-refractivity contribution in [3.05, 3.63) is 235 Å². The second-order valence-electron chi connectivity index (χ2n) is 15.5. The topological polar surface area (TPSA) is 73.7 Å². The zero-order valence-electron chi connectivity index (χ0n) is 33.4. The van der Waals surface area contributed by atoms with Crippen LogP contribution >= 0.6 is 0 Å². The predicted octanol–water partition coefficient (Wildman–Crippen LogP) is 13.1. The van der Waals surface area contributed by atoms with Gasteiger partial charge in [0.2, 0.25) is 0 Å². The average Bonchev–Trinajstić information content (AvgIpc) is 3.66. The van der Waals surface area contributed by atoms with E-state index in [0.29, 0.717) is 23.3 Å². The van der Waals surface area contributed by atoms with Crippen LogP contribution in [0.15, 0.2) is 212 Å². The molecule has 62 heavy (non-hydrogen) atoms. The molecule has 10 aromatic rings. The third-order valence-corrected chi connectivity index (χ3v) is 12.0. The summed E-state index contributed by atoms with van der Waals surface area (Å²) in [5.74, 6) is 4.02. The molecule has 6 heteroatoms. The standard InChI is InChI=1S/C56H35N5O/c1-5-19-36(20-6-1)46-35-47(37-21-7-2-8-22-37)58-54(57-46)41-28-18-32-45-50(41)40-27-17-29-42(51(40)56(45)43-30-13-15-33-48(43)62-49-34-16-14-31-44(49)56)55-60-52(38-23-9-3-10-24-38)59-53(61-55)39-25-11-4-12-26-39/h1-35H. The van der Waals surface area contributed by atoms with Gasteiger partial charge in [-0.05, 0) is 40.5 Å². The third kappa shape index (κ3) is 5.61. The van der Waals surface area contributed by atoms with E-state index in [2.05, 4.69) is 127 Å². The smallest absolute Gasteiger partial charge is 0.164 e. The molecule has 0 atom stereocenters. The van der Waals surface area contributed by atoms with Crippen molar-refractivity contribution in [1.82, 2.24) is 24.9 Å². The van der Waals surface area contributed by atoms with Gasteiger partial charge < -0.3 is 4.74 Å². The lowest BCUT2D eigenvalue weighted by Gasteiger charge is -2.40. The van der Waals surface area contributed by atoms with Crippen LogP contribution in [0.4, 0.5) is 0 Å². The minimum atomic E-state index is -0.839. The number of rotatable bonds is 6. The molecule has 0 saturated heterocycles. The SMILES string of the molecule is c1ccc(-c2cc(-c3ccccc3)nc(-c3cccc4c3-c3cccc(-c5nc(-c6ccccc6)nc(-c6ccccc6)n5)c3C43c4ccccc4Oc4ccccc43)n2)cc1. The van der Waals surface area contributed by atoms with Crippen molar-refractivity contribution in [2.75, 3.05) is 0 Å². The first-order valence-electron chi connectivity index (χ1n) is 20.8. The van der Waals surface area contributed by atoms with Gasteiger partial charge in [-0.15, -0.1) is 0 Å². The monoisotopic (exact) mass is 793 g/mol. The Morgan fingerprint density at radius 2 is 0.710 bits per heavy atom. The highest BCUT2D eigenvalue weighted by molar-refractivity contribution is 5.99. The molecule has 1 spiro atoms. The van der Waals surface area contributed by atoms with Crippen LogP contribution in [0, 0.1) is 0 Å². The molecule has 8 aromatic carbocycles. The van der Waals surface area contributed by atoms with Crippen molar-refractivity contribution < 1.29 is 4.74 Å². The molecular weight excluding hydrogens is 759 g/mol. The first-order valence-corrected chi connectivity index (χ1v) is 20.8. The first kappa shape index (κ1) is 35.6. The lowest BCUT2D eigenvalue weighted by atomic mass is 9.65. The normalized spacial score (nSPS) is 12.8. The molecule has 0 fully saturated rings. The zero-order valence-corrected chi connectivity index (χ0v) is 33.4. The first-order chi connectivity index (χ1) is 30.7. The maximum absolute atomic E-state index is 6.77.